The van der Waals surface area contributed by atoms with Crippen LogP contribution in [-0.4, -0.2) is 4.98 Å². The predicted molar refractivity (Wildman–Crippen MR) is 78.4 cm³/mol. The van der Waals surface area contributed by atoms with Crippen molar-refractivity contribution in [3.05, 3.63) is 70.5 Å². The van der Waals surface area contributed by atoms with Gasteiger partial charge in [0.15, 0.2) is 0 Å². The molecule has 1 aromatic heterocycles. The van der Waals surface area contributed by atoms with Crippen LogP contribution in [0.2, 0.25) is 0 Å². The van der Waals surface area contributed by atoms with Crippen molar-refractivity contribution in [3.8, 4) is 11.8 Å². The Balaban J connectivity index is 2.10. The Kier molecular flexibility index (Phi) is 2.92. The molecule has 0 spiro atoms. The lowest BCUT2D eigenvalue weighted by molar-refractivity contribution is 1.37. The van der Waals surface area contributed by atoms with Gasteiger partial charge in [0.2, 0.25) is 0 Å². The predicted octanol–water partition coefficient (Wildman–Crippen LogP) is 4.33. The van der Waals surface area contributed by atoms with Crippen LogP contribution in [0.4, 0.5) is 0 Å². The molecule has 0 radical (unpaired) electrons. The molecule has 0 aliphatic rings. The quantitative estimate of drug-likeness (QED) is 0.594. The molecule has 1 nitrogen and oxygen atoms in total. The van der Waals surface area contributed by atoms with Crippen molar-refractivity contribution in [2.45, 2.75) is 0 Å². The van der Waals surface area contributed by atoms with Crippen molar-refractivity contribution >= 4 is 26.7 Å². The van der Waals surface area contributed by atoms with E-state index in [2.05, 4.69) is 51.0 Å². The standard InChI is InChI=1S/C16H10BrN/c17-16-13(9-10-14-5-3-11-18-14)8-7-12-4-1-2-6-15(12)16/h1-8,11,18H. The second kappa shape index (κ2) is 4.72. The van der Waals surface area contributed by atoms with Crippen LogP contribution in [0, 0.1) is 11.8 Å². The first-order valence-corrected chi connectivity index (χ1v) is 6.46. The van der Waals surface area contributed by atoms with Gasteiger partial charge in [-0.2, -0.15) is 0 Å². The van der Waals surface area contributed by atoms with E-state index in [0.29, 0.717) is 0 Å². The minimum atomic E-state index is 0.926. The van der Waals surface area contributed by atoms with Gasteiger partial charge in [0.25, 0.3) is 0 Å². The number of hydrogen-bond acceptors (Lipinski definition) is 0. The molecule has 0 fully saturated rings. The number of rotatable bonds is 0. The van der Waals surface area contributed by atoms with Crippen molar-refractivity contribution in [3.63, 3.8) is 0 Å². The first-order chi connectivity index (χ1) is 8.84. The third-order valence-electron chi connectivity index (χ3n) is 2.79. The smallest absolute Gasteiger partial charge is 0.0897 e. The van der Waals surface area contributed by atoms with Crippen LogP contribution >= 0.6 is 15.9 Å². The third-order valence-corrected chi connectivity index (χ3v) is 3.65. The first-order valence-electron chi connectivity index (χ1n) is 5.67. The summed E-state index contributed by atoms with van der Waals surface area (Å²) >= 11 is 3.63. The summed E-state index contributed by atoms with van der Waals surface area (Å²) < 4.78 is 1.06. The Bertz CT molecular complexity index is 746. The number of nitrogens with one attached hydrogen (secondary N) is 1. The fourth-order valence-electron chi connectivity index (χ4n) is 1.87. The molecule has 0 atom stereocenters. The highest BCUT2D eigenvalue weighted by molar-refractivity contribution is 9.10. The number of aromatic nitrogens is 1. The molecular formula is C16H10BrN. The van der Waals surface area contributed by atoms with Gasteiger partial charge in [-0.15, -0.1) is 0 Å². The van der Waals surface area contributed by atoms with Crippen molar-refractivity contribution in [1.82, 2.24) is 4.98 Å². The van der Waals surface area contributed by atoms with Crippen LogP contribution in [0.3, 0.4) is 0 Å². The molecule has 0 amide bonds. The van der Waals surface area contributed by atoms with Crippen LogP contribution in [0.15, 0.2) is 59.2 Å². The molecule has 0 bridgehead atoms. The van der Waals surface area contributed by atoms with E-state index in [-0.39, 0.29) is 0 Å². The number of aromatic amines is 1. The van der Waals surface area contributed by atoms with Gasteiger partial charge in [0.05, 0.1) is 5.69 Å². The van der Waals surface area contributed by atoms with Crippen LogP contribution < -0.4 is 0 Å². The molecule has 2 heteroatoms. The molecule has 0 aliphatic carbocycles. The SMILES string of the molecule is Brc1c(C#Cc2ccc[nH]2)ccc2ccccc12. The molecule has 18 heavy (non-hydrogen) atoms. The Morgan fingerprint density at radius 1 is 0.889 bits per heavy atom. The zero-order valence-electron chi connectivity index (χ0n) is 9.57. The molecule has 0 saturated heterocycles. The Morgan fingerprint density at radius 2 is 1.78 bits per heavy atom. The van der Waals surface area contributed by atoms with E-state index in [1.54, 1.807) is 0 Å². The van der Waals surface area contributed by atoms with E-state index in [1.165, 1.54) is 10.8 Å². The summed E-state index contributed by atoms with van der Waals surface area (Å²) in [5, 5.41) is 2.41. The first kappa shape index (κ1) is 11.1. The van der Waals surface area contributed by atoms with Gasteiger partial charge < -0.3 is 4.98 Å². The molecule has 2 aromatic carbocycles. The Morgan fingerprint density at radius 3 is 2.61 bits per heavy atom. The van der Waals surface area contributed by atoms with Gasteiger partial charge in [0, 0.05) is 16.2 Å². The Hall–Kier alpha value is -1.98. The molecular weight excluding hydrogens is 286 g/mol. The zero-order chi connectivity index (χ0) is 12.4. The van der Waals surface area contributed by atoms with Crippen molar-refractivity contribution in [1.29, 1.82) is 0 Å². The largest absolute Gasteiger partial charge is 0.355 e. The number of fused-ring (bicyclic) bond motifs is 1. The molecule has 86 valence electrons. The highest BCUT2D eigenvalue weighted by Gasteiger charge is 2.01. The lowest BCUT2D eigenvalue weighted by Crippen LogP contribution is -1.81. The monoisotopic (exact) mass is 295 g/mol. The Labute approximate surface area is 114 Å². The number of benzene rings is 2. The lowest BCUT2D eigenvalue weighted by Gasteiger charge is -2.02. The minimum absolute atomic E-state index is 0.926. The van der Waals surface area contributed by atoms with Gasteiger partial charge in [0.1, 0.15) is 0 Å². The lowest BCUT2D eigenvalue weighted by atomic mass is 10.1. The van der Waals surface area contributed by atoms with Crippen LogP contribution in [0.25, 0.3) is 10.8 Å². The molecule has 3 rings (SSSR count). The maximum absolute atomic E-state index is 3.63. The van der Waals surface area contributed by atoms with Crippen molar-refractivity contribution in [2.75, 3.05) is 0 Å². The summed E-state index contributed by atoms with van der Waals surface area (Å²) in [6, 6.07) is 16.3. The van der Waals surface area contributed by atoms with Crippen LogP contribution in [0.5, 0.6) is 0 Å². The fourth-order valence-corrected chi connectivity index (χ4v) is 2.47. The fraction of sp³-hybridized carbons (Fsp3) is 0. The summed E-state index contributed by atoms with van der Waals surface area (Å²) in [5.41, 5.74) is 1.93. The van der Waals surface area contributed by atoms with E-state index in [0.717, 1.165) is 15.7 Å². The van der Waals surface area contributed by atoms with E-state index >= 15 is 0 Å². The summed E-state index contributed by atoms with van der Waals surface area (Å²) in [7, 11) is 0. The van der Waals surface area contributed by atoms with Crippen LogP contribution in [0.1, 0.15) is 11.3 Å². The van der Waals surface area contributed by atoms with Crippen LogP contribution in [-0.2, 0) is 0 Å². The maximum atomic E-state index is 3.63. The molecule has 1 N–H and O–H groups in total. The van der Waals surface area contributed by atoms with E-state index in [1.807, 2.05) is 36.5 Å². The molecule has 3 aromatic rings. The number of halogens is 1. The van der Waals surface area contributed by atoms with Gasteiger partial charge >= 0.3 is 0 Å². The molecule has 1 heterocycles. The topological polar surface area (TPSA) is 15.8 Å². The summed E-state index contributed by atoms with van der Waals surface area (Å²) in [6.07, 6.45) is 1.87. The van der Waals surface area contributed by atoms with Crippen molar-refractivity contribution in [2.24, 2.45) is 0 Å². The van der Waals surface area contributed by atoms with Gasteiger partial charge in [-0.05, 0) is 50.8 Å². The summed E-state index contributed by atoms with van der Waals surface area (Å²) in [4.78, 5) is 3.08. The second-order valence-electron chi connectivity index (χ2n) is 3.98. The van der Waals surface area contributed by atoms with E-state index < -0.39 is 0 Å². The van der Waals surface area contributed by atoms with Gasteiger partial charge in [-0.25, -0.2) is 0 Å². The maximum Gasteiger partial charge on any atom is 0.0897 e. The van der Waals surface area contributed by atoms with E-state index in [4.69, 9.17) is 0 Å². The zero-order valence-corrected chi connectivity index (χ0v) is 11.2. The molecule has 0 saturated carbocycles. The average Bonchev–Trinajstić information content (AvgIpc) is 2.91. The highest BCUT2D eigenvalue weighted by atomic mass is 79.9. The van der Waals surface area contributed by atoms with Gasteiger partial charge in [-0.3, -0.25) is 0 Å². The van der Waals surface area contributed by atoms with E-state index in [9.17, 15) is 0 Å². The summed E-state index contributed by atoms with van der Waals surface area (Å²) in [5.74, 6) is 6.29. The molecule has 0 aliphatic heterocycles. The number of hydrogen-bond donors (Lipinski definition) is 1. The normalized spacial score (nSPS) is 10.1. The molecule has 0 unspecified atom stereocenters. The van der Waals surface area contributed by atoms with Gasteiger partial charge in [-0.1, -0.05) is 36.3 Å². The number of H-pyrrole nitrogens is 1. The second-order valence-corrected chi connectivity index (χ2v) is 4.78. The third kappa shape index (κ3) is 2.05. The average molecular weight is 296 g/mol. The van der Waals surface area contributed by atoms with Crippen molar-refractivity contribution < 1.29 is 0 Å². The minimum Gasteiger partial charge on any atom is -0.355 e. The summed E-state index contributed by atoms with van der Waals surface area (Å²) in [6.45, 7) is 0. The highest BCUT2D eigenvalue weighted by Crippen LogP contribution is 2.27.